The van der Waals surface area contributed by atoms with Crippen LogP contribution in [-0.2, 0) is 0 Å². The highest BCUT2D eigenvalue weighted by Gasteiger charge is 2.30. The van der Waals surface area contributed by atoms with E-state index >= 15 is 0 Å². The normalized spacial score (nSPS) is 13.2. The summed E-state index contributed by atoms with van der Waals surface area (Å²) in [5.74, 6) is -0.515. The summed E-state index contributed by atoms with van der Waals surface area (Å²) in [6.07, 6.45) is -5.32. The number of nitrogens with one attached hydrogen (secondary N) is 1. The summed E-state index contributed by atoms with van der Waals surface area (Å²) in [6.45, 7) is 3.19. The van der Waals surface area contributed by atoms with Gasteiger partial charge in [-0.2, -0.15) is 13.2 Å². The van der Waals surface area contributed by atoms with Crippen LogP contribution in [0.4, 0.5) is 13.2 Å². The van der Waals surface area contributed by atoms with Gasteiger partial charge in [-0.1, -0.05) is 6.07 Å². The highest BCUT2D eigenvalue weighted by molar-refractivity contribution is 9.10. The van der Waals surface area contributed by atoms with E-state index in [0.29, 0.717) is 10.0 Å². The predicted molar refractivity (Wildman–Crippen MR) is 66.5 cm³/mol. The number of alkyl halides is 3. The number of aryl methyl sites for hydroxylation is 1. The van der Waals surface area contributed by atoms with Crippen molar-refractivity contribution in [1.82, 2.24) is 5.32 Å². The molecule has 0 bridgehead atoms. The van der Waals surface area contributed by atoms with Gasteiger partial charge in [0.1, 0.15) is 0 Å². The molecule has 0 radical (unpaired) electrons. The molecule has 6 heteroatoms. The van der Waals surface area contributed by atoms with Gasteiger partial charge in [0, 0.05) is 10.5 Å². The van der Waals surface area contributed by atoms with Crippen LogP contribution in [0.15, 0.2) is 22.7 Å². The Balaban J connectivity index is 2.71. The van der Waals surface area contributed by atoms with Crippen molar-refractivity contribution in [1.29, 1.82) is 0 Å². The van der Waals surface area contributed by atoms with Crippen LogP contribution in [0.2, 0.25) is 0 Å². The predicted octanol–water partition coefficient (Wildman–Crippen LogP) is 3.83. The van der Waals surface area contributed by atoms with E-state index in [1.807, 2.05) is 6.92 Å². The molecule has 1 unspecified atom stereocenters. The lowest BCUT2D eigenvalue weighted by Gasteiger charge is -2.16. The van der Waals surface area contributed by atoms with E-state index in [1.165, 1.54) is 6.92 Å². The number of halogens is 4. The molecule has 0 aliphatic rings. The molecule has 0 aliphatic heterocycles. The second kappa shape index (κ2) is 5.73. The molecule has 0 aromatic heterocycles. The Labute approximate surface area is 112 Å². The van der Waals surface area contributed by atoms with Crippen molar-refractivity contribution in [2.24, 2.45) is 0 Å². The number of benzene rings is 1. The highest BCUT2D eigenvalue weighted by Crippen LogP contribution is 2.22. The van der Waals surface area contributed by atoms with E-state index in [0.717, 1.165) is 5.56 Å². The van der Waals surface area contributed by atoms with Gasteiger partial charge in [0.2, 0.25) is 0 Å². The van der Waals surface area contributed by atoms with Crippen molar-refractivity contribution in [3.63, 3.8) is 0 Å². The zero-order valence-electron chi connectivity index (χ0n) is 9.94. The Bertz CT molecular complexity index is 445. The largest absolute Gasteiger partial charge is 0.391 e. The summed E-state index contributed by atoms with van der Waals surface area (Å²) in [5, 5.41) is 2.32. The van der Waals surface area contributed by atoms with Gasteiger partial charge in [0.05, 0.1) is 12.0 Å². The molecule has 1 amide bonds. The Morgan fingerprint density at radius 1 is 1.44 bits per heavy atom. The van der Waals surface area contributed by atoms with E-state index < -0.39 is 24.5 Å². The Morgan fingerprint density at radius 2 is 2.06 bits per heavy atom. The lowest BCUT2D eigenvalue weighted by molar-refractivity contribution is -0.138. The molecule has 1 atom stereocenters. The summed E-state index contributed by atoms with van der Waals surface area (Å²) < 4.78 is 37.0. The fourth-order valence-corrected chi connectivity index (χ4v) is 2.18. The maximum atomic E-state index is 12.1. The Morgan fingerprint density at radius 3 is 2.56 bits per heavy atom. The molecule has 0 aliphatic carbocycles. The number of hydrogen-bond donors (Lipinski definition) is 1. The second-order valence-electron chi connectivity index (χ2n) is 4.18. The number of amides is 1. The lowest BCUT2D eigenvalue weighted by atomic mass is 10.1. The highest BCUT2D eigenvalue weighted by atomic mass is 79.9. The number of hydrogen-bond acceptors (Lipinski definition) is 1. The number of carbonyl (C=O) groups excluding carboxylic acids is 1. The summed E-state index contributed by atoms with van der Waals surface area (Å²) in [5.41, 5.74) is 1.29. The molecule has 100 valence electrons. The van der Waals surface area contributed by atoms with Gasteiger partial charge in [0.15, 0.2) is 0 Å². The van der Waals surface area contributed by atoms with Crippen LogP contribution in [0.1, 0.15) is 29.3 Å². The van der Waals surface area contributed by atoms with Gasteiger partial charge < -0.3 is 5.32 Å². The smallest absolute Gasteiger partial charge is 0.349 e. The first kappa shape index (κ1) is 15.0. The van der Waals surface area contributed by atoms with E-state index in [-0.39, 0.29) is 0 Å². The summed E-state index contributed by atoms with van der Waals surface area (Å²) in [7, 11) is 0. The molecule has 1 aromatic rings. The molecular weight excluding hydrogens is 311 g/mol. The topological polar surface area (TPSA) is 29.1 Å². The molecule has 18 heavy (non-hydrogen) atoms. The van der Waals surface area contributed by atoms with Gasteiger partial charge in [-0.15, -0.1) is 0 Å². The average Bonchev–Trinajstić information content (AvgIpc) is 2.13. The minimum Gasteiger partial charge on any atom is -0.349 e. The first-order valence-corrected chi connectivity index (χ1v) is 6.12. The van der Waals surface area contributed by atoms with E-state index in [4.69, 9.17) is 0 Å². The molecule has 0 spiro atoms. The Kier molecular flexibility index (Phi) is 4.78. The van der Waals surface area contributed by atoms with E-state index in [9.17, 15) is 18.0 Å². The minimum absolute atomic E-state index is 0.328. The molecule has 1 aromatic carbocycles. The lowest BCUT2D eigenvalue weighted by Crippen LogP contribution is -2.36. The molecular formula is C12H13BrF3NO. The van der Waals surface area contributed by atoms with Crippen molar-refractivity contribution in [2.45, 2.75) is 32.5 Å². The number of carbonyl (C=O) groups is 1. The molecule has 0 saturated heterocycles. The first-order valence-electron chi connectivity index (χ1n) is 5.33. The van der Waals surface area contributed by atoms with Gasteiger partial charge in [-0.05, 0) is 47.5 Å². The van der Waals surface area contributed by atoms with Crippen molar-refractivity contribution in [2.75, 3.05) is 0 Å². The summed E-state index contributed by atoms with van der Waals surface area (Å²) in [6, 6.07) is 4.10. The minimum atomic E-state index is -4.28. The standard InChI is InChI=1S/C12H13BrF3NO/c1-7-3-4-9(10(13)5-7)11(18)17-8(2)6-12(14,15)16/h3-5,8H,6H2,1-2H3,(H,17,18). The zero-order valence-corrected chi connectivity index (χ0v) is 11.5. The third kappa shape index (κ3) is 4.68. The van der Waals surface area contributed by atoms with Crippen LogP contribution in [0.5, 0.6) is 0 Å². The van der Waals surface area contributed by atoms with Crippen molar-refractivity contribution in [3.05, 3.63) is 33.8 Å². The fraction of sp³-hybridized carbons (Fsp3) is 0.417. The molecule has 0 saturated carbocycles. The van der Waals surface area contributed by atoms with E-state index in [2.05, 4.69) is 21.2 Å². The zero-order chi connectivity index (χ0) is 13.9. The average molecular weight is 324 g/mol. The summed E-state index contributed by atoms with van der Waals surface area (Å²) in [4.78, 5) is 11.8. The molecule has 0 heterocycles. The molecule has 2 nitrogen and oxygen atoms in total. The molecule has 1 N–H and O–H groups in total. The van der Waals surface area contributed by atoms with Gasteiger partial charge in [-0.25, -0.2) is 0 Å². The summed E-state index contributed by atoms with van der Waals surface area (Å²) >= 11 is 3.22. The van der Waals surface area contributed by atoms with Crippen LogP contribution in [-0.4, -0.2) is 18.1 Å². The maximum Gasteiger partial charge on any atom is 0.391 e. The van der Waals surface area contributed by atoms with Crippen molar-refractivity contribution >= 4 is 21.8 Å². The molecule has 1 rings (SSSR count). The van der Waals surface area contributed by atoms with Crippen LogP contribution in [0.25, 0.3) is 0 Å². The van der Waals surface area contributed by atoms with Crippen LogP contribution >= 0.6 is 15.9 Å². The Hall–Kier alpha value is -1.04. The van der Waals surface area contributed by atoms with Gasteiger partial charge in [0.25, 0.3) is 5.91 Å². The third-order valence-corrected chi connectivity index (χ3v) is 2.94. The quantitative estimate of drug-likeness (QED) is 0.900. The second-order valence-corrected chi connectivity index (χ2v) is 5.03. The van der Waals surface area contributed by atoms with Crippen LogP contribution in [0.3, 0.4) is 0 Å². The molecule has 0 fully saturated rings. The van der Waals surface area contributed by atoms with Crippen molar-refractivity contribution in [3.8, 4) is 0 Å². The van der Waals surface area contributed by atoms with Crippen molar-refractivity contribution < 1.29 is 18.0 Å². The van der Waals surface area contributed by atoms with Crippen LogP contribution < -0.4 is 5.32 Å². The van der Waals surface area contributed by atoms with Crippen LogP contribution in [0, 0.1) is 6.92 Å². The fourth-order valence-electron chi connectivity index (χ4n) is 1.50. The SMILES string of the molecule is Cc1ccc(C(=O)NC(C)CC(F)(F)F)c(Br)c1. The van der Waals surface area contributed by atoms with Gasteiger partial charge in [-0.3, -0.25) is 4.79 Å². The number of rotatable bonds is 3. The first-order chi connectivity index (χ1) is 8.19. The monoisotopic (exact) mass is 323 g/mol. The maximum absolute atomic E-state index is 12.1. The van der Waals surface area contributed by atoms with Gasteiger partial charge >= 0.3 is 6.18 Å². The van der Waals surface area contributed by atoms with E-state index in [1.54, 1.807) is 18.2 Å². The third-order valence-electron chi connectivity index (χ3n) is 2.28.